The second kappa shape index (κ2) is 9.02. The van der Waals surface area contributed by atoms with Crippen molar-refractivity contribution in [1.29, 1.82) is 0 Å². The Morgan fingerprint density at radius 2 is 1.59 bits per heavy atom. The van der Waals surface area contributed by atoms with Crippen LogP contribution in [0.4, 0.5) is 21.5 Å². The van der Waals surface area contributed by atoms with E-state index >= 15 is 0 Å². The van der Waals surface area contributed by atoms with Crippen molar-refractivity contribution in [2.24, 2.45) is 5.41 Å². The molecule has 0 saturated carbocycles. The van der Waals surface area contributed by atoms with Crippen LogP contribution in [-0.2, 0) is 4.79 Å². The first-order valence-corrected chi connectivity index (χ1v) is 11.0. The van der Waals surface area contributed by atoms with Gasteiger partial charge in [-0.15, -0.1) is 0 Å². The molecule has 0 aliphatic rings. The molecule has 34 heavy (non-hydrogen) atoms. The third-order valence-electron chi connectivity index (χ3n) is 5.27. The minimum absolute atomic E-state index is 0.0956. The highest BCUT2D eigenvalue weighted by Crippen LogP contribution is 2.29. The normalized spacial score (nSPS) is 11.4. The third kappa shape index (κ3) is 5.09. The van der Waals surface area contributed by atoms with Crippen molar-refractivity contribution >= 4 is 39.8 Å². The molecule has 1 aromatic heterocycles. The van der Waals surface area contributed by atoms with Gasteiger partial charge in [-0.3, -0.25) is 9.59 Å². The highest BCUT2D eigenvalue weighted by Gasteiger charge is 2.20. The molecule has 2 amide bonds. The second-order valence-corrected chi connectivity index (χ2v) is 9.45. The molecule has 6 nitrogen and oxygen atoms in total. The number of nitrogens with one attached hydrogen (secondary N) is 2. The van der Waals surface area contributed by atoms with Gasteiger partial charge in [0, 0.05) is 28.9 Å². The van der Waals surface area contributed by atoms with E-state index in [1.54, 1.807) is 71.3 Å². The molecular weight excluding hydrogens is 431 g/mol. The van der Waals surface area contributed by atoms with Crippen LogP contribution in [0.5, 0.6) is 0 Å². The van der Waals surface area contributed by atoms with E-state index in [0.29, 0.717) is 34.4 Å². The van der Waals surface area contributed by atoms with Gasteiger partial charge in [-0.05, 0) is 66.1 Å². The van der Waals surface area contributed by atoms with Crippen molar-refractivity contribution in [3.05, 3.63) is 84.3 Å². The van der Waals surface area contributed by atoms with Crippen LogP contribution in [0.3, 0.4) is 0 Å². The minimum atomic E-state index is -0.455. The van der Waals surface area contributed by atoms with Crippen LogP contribution in [0.2, 0.25) is 0 Å². The van der Waals surface area contributed by atoms with Gasteiger partial charge in [-0.2, -0.15) is 0 Å². The van der Waals surface area contributed by atoms with E-state index in [1.165, 1.54) is 6.07 Å². The molecule has 4 rings (SSSR count). The molecule has 0 saturated heterocycles. The molecule has 0 unspecified atom stereocenters. The number of aromatic nitrogens is 1. The summed E-state index contributed by atoms with van der Waals surface area (Å²) < 4.78 is 16.4. The zero-order valence-electron chi connectivity index (χ0n) is 19.4. The number of amides is 2. The average Bonchev–Trinajstić information content (AvgIpc) is 3.13. The number of para-hydroxylation sites is 1. The van der Waals surface area contributed by atoms with Gasteiger partial charge in [0.1, 0.15) is 11.5 Å². The van der Waals surface area contributed by atoms with Crippen molar-refractivity contribution in [2.75, 3.05) is 16.4 Å². The quantitative estimate of drug-likeness (QED) is 0.322. The van der Waals surface area contributed by atoms with Gasteiger partial charge in [-0.1, -0.05) is 32.9 Å². The second-order valence-electron chi connectivity index (χ2n) is 9.45. The molecular formula is C27H27FN4O2. The van der Waals surface area contributed by atoms with Crippen molar-refractivity contribution in [3.63, 3.8) is 0 Å². The fourth-order valence-corrected chi connectivity index (χ4v) is 3.80. The maximum atomic E-state index is 14.8. The van der Waals surface area contributed by atoms with Crippen molar-refractivity contribution < 1.29 is 14.0 Å². The summed E-state index contributed by atoms with van der Waals surface area (Å²) in [5.74, 6) is -0.951. The first kappa shape index (κ1) is 23.0. The lowest BCUT2D eigenvalue weighted by Gasteiger charge is -2.17. The lowest BCUT2D eigenvalue weighted by molar-refractivity contribution is -0.117. The summed E-state index contributed by atoms with van der Waals surface area (Å²) in [5, 5.41) is 6.45. The highest BCUT2D eigenvalue weighted by atomic mass is 19.1. The Bertz CT molecular complexity index is 1370. The number of nitrogens with two attached hydrogens (primary N) is 1. The van der Waals surface area contributed by atoms with Crippen LogP contribution in [0.25, 0.3) is 16.6 Å². The van der Waals surface area contributed by atoms with Gasteiger partial charge < -0.3 is 20.9 Å². The number of fused-ring (bicyclic) bond motifs is 1. The van der Waals surface area contributed by atoms with Gasteiger partial charge >= 0.3 is 0 Å². The Morgan fingerprint density at radius 1 is 0.912 bits per heavy atom. The zero-order chi connectivity index (χ0) is 24.5. The van der Waals surface area contributed by atoms with E-state index in [0.717, 1.165) is 0 Å². The van der Waals surface area contributed by atoms with E-state index in [9.17, 15) is 14.0 Å². The summed E-state index contributed by atoms with van der Waals surface area (Å²) in [6.45, 7) is 5.99. The minimum Gasteiger partial charge on any atom is -0.399 e. The van der Waals surface area contributed by atoms with Crippen LogP contribution in [0.1, 0.15) is 37.7 Å². The maximum absolute atomic E-state index is 14.8. The number of halogens is 1. The zero-order valence-corrected chi connectivity index (χ0v) is 19.4. The number of nitrogen functional groups attached to an aromatic ring is 1. The molecule has 3 aromatic carbocycles. The Labute approximate surface area is 197 Å². The van der Waals surface area contributed by atoms with Gasteiger partial charge in [0.2, 0.25) is 5.91 Å². The Kier molecular flexibility index (Phi) is 6.11. The fraction of sp³-hybridized carbons (Fsp3) is 0.185. The summed E-state index contributed by atoms with van der Waals surface area (Å²) in [4.78, 5) is 25.6. The van der Waals surface area contributed by atoms with Crippen LogP contribution in [0.15, 0.2) is 72.8 Å². The lowest BCUT2D eigenvalue weighted by atomic mass is 9.92. The van der Waals surface area contributed by atoms with Crippen LogP contribution in [0, 0.1) is 11.2 Å². The number of nitrogens with zero attached hydrogens (tertiary/aromatic N) is 1. The molecule has 0 fully saturated rings. The number of benzene rings is 3. The van der Waals surface area contributed by atoms with Gasteiger partial charge in [0.05, 0.1) is 11.2 Å². The van der Waals surface area contributed by atoms with Crippen molar-refractivity contribution in [3.8, 4) is 5.69 Å². The summed E-state index contributed by atoms with van der Waals surface area (Å²) in [6.07, 6.45) is 0.372. The Hall–Kier alpha value is -4.13. The molecule has 0 aliphatic heterocycles. The number of hydrogen-bond acceptors (Lipinski definition) is 3. The van der Waals surface area contributed by atoms with E-state index in [1.807, 2.05) is 20.8 Å². The third-order valence-corrected chi connectivity index (χ3v) is 5.27. The standard InChI is InChI=1S/C27H27FN4O2/c1-27(2,3)16-25(33)30-20-12-13-22-17(14-20)15-24(32(22)23-7-5-4-6-21(23)28)26(34)31-19-10-8-18(29)9-11-19/h4-15H,16,29H2,1-3H3,(H,30,33)(H,31,34). The molecule has 0 spiro atoms. The molecule has 4 N–H and O–H groups in total. The predicted molar refractivity (Wildman–Crippen MR) is 135 cm³/mol. The lowest BCUT2D eigenvalue weighted by Crippen LogP contribution is -2.19. The summed E-state index contributed by atoms with van der Waals surface area (Å²) >= 11 is 0. The van der Waals surface area contributed by atoms with Crippen LogP contribution >= 0.6 is 0 Å². The SMILES string of the molecule is CC(C)(C)CC(=O)Nc1ccc2c(c1)cc(C(=O)Nc1ccc(N)cc1)n2-c1ccccc1F. The van der Waals surface area contributed by atoms with E-state index < -0.39 is 11.7 Å². The maximum Gasteiger partial charge on any atom is 0.272 e. The molecule has 7 heteroatoms. The summed E-state index contributed by atoms with van der Waals surface area (Å²) in [5.41, 5.74) is 8.50. The Morgan fingerprint density at radius 3 is 2.26 bits per heavy atom. The van der Waals surface area contributed by atoms with Crippen molar-refractivity contribution in [2.45, 2.75) is 27.2 Å². The van der Waals surface area contributed by atoms with E-state index in [-0.39, 0.29) is 22.7 Å². The number of anilines is 3. The Balaban J connectivity index is 1.76. The number of carbonyl (C=O) groups excluding carboxylic acids is 2. The average molecular weight is 459 g/mol. The summed E-state index contributed by atoms with van der Waals surface area (Å²) in [6, 6.07) is 20.1. The van der Waals surface area contributed by atoms with Gasteiger partial charge in [0.25, 0.3) is 5.91 Å². The fourth-order valence-electron chi connectivity index (χ4n) is 3.80. The molecule has 174 valence electrons. The number of carbonyl (C=O) groups is 2. The van der Waals surface area contributed by atoms with Gasteiger partial charge in [-0.25, -0.2) is 4.39 Å². The van der Waals surface area contributed by atoms with Crippen molar-refractivity contribution in [1.82, 2.24) is 4.57 Å². The molecule has 0 atom stereocenters. The number of hydrogen-bond donors (Lipinski definition) is 3. The molecule has 0 bridgehead atoms. The largest absolute Gasteiger partial charge is 0.399 e. The van der Waals surface area contributed by atoms with Crippen LogP contribution in [-0.4, -0.2) is 16.4 Å². The topological polar surface area (TPSA) is 89.2 Å². The predicted octanol–water partition coefficient (Wildman–Crippen LogP) is 5.98. The first-order chi connectivity index (χ1) is 16.1. The highest BCUT2D eigenvalue weighted by molar-refractivity contribution is 6.07. The van der Waals surface area contributed by atoms with E-state index in [4.69, 9.17) is 5.73 Å². The first-order valence-electron chi connectivity index (χ1n) is 11.0. The number of rotatable bonds is 5. The van der Waals surface area contributed by atoms with Gasteiger partial charge in [0.15, 0.2) is 0 Å². The monoisotopic (exact) mass is 458 g/mol. The molecule has 4 aromatic rings. The molecule has 1 heterocycles. The molecule has 0 radical (unpaired) electrons. The van der Waals surface area contributed by atoms with E-state index in [2.05, 4.69) is 10.6 Å². The molecule has 0 aliphatic carbocycles. The van der Waals surface area contributed by atoms with Crippen LogP contribution < -0.4 is 16.4 Å². The smallest absolute Gasteiger partial charge is 0.272 e. The summed E-state index contributed by atoms with van der Waals surface area (Å²) in [7, 11) is 0.